The molecular formula is C28H33Cl2N5O2S. The van der Waals surface area contributed by atoms with Crippen molar-refractivity contribution in [3.8, 4) is 17.1 Å². The van der Waals surface area contributed by atoms with Crippen LogP contribution in [0.25, 0.3) is 17.1 Å². The third kappa shape index (κ3) is 6.71. The second-order valence-corrected chi connectivity index (χ2v) is 11.5. The Morgan fingerprint density at radius 1 is 1.00 bits per heavy atom. The molecule has 38 heavy (non-hydrogen) atoms. The Balaban J connectivity index is 1.40. The molecule has 0 aliphatic carbocycles. The van der Waals surface area contributed by atoms with E-state index in [1.165, 1.54) is 0 Å². The van der Waals surface area contributed by atoms with Gasteiger partial charge in [0, 0.05) is 49.8 Å². The first-order chi connectivity index (χ1) is 18.3. The Labute approximate surface area is 238 Å². The van der Waals surface area contributed by atoms with E-state index in [-0.39, 0.29) is 17.9 Å². The van der Waals surface area contributed by atoms with Gasteiger partial charge >= 0.3 is 0 Å². The number of hydrogen-bond acceptors (Lipinski definition) is 5. The second kappa shape index (κ2) is 13.0. The van der Waals surface area contributed by atoms with E-state index < -0.39 is 0 Å². The van der Waals surface area contributed by atoms with Crippen LogP contribution in [0.2, 0.25) is 10.0 Å². The molecule has 0 spiro atoms. The van der Waals surface area contributed by atoms with Crippen LogP contribution in [-0.4, -0.2) is 67.8 Å². The van der Waals surface area contributed by atoms with Crippen LogP contribution in [0.3, 0.4) is 0 Å². The minimum Gasteiger partial charge on any atom is -0.339 e. The van der Waals surface area contributed by atoms with Gasteiger partial charge in [-0.15, -0.1) is 10.2 Å². The minimum atomic E-state index is 0.0473. The number of thioether (sulfide) groups is 1. The highest BCUT2D eigenvalue weighted by Crippen LogP contribution is 2.32. The first-order valence-corrected chi connectivity index (χ1v) is 14.7. The van der Waals surface area contributed by atoms with Crippen molar-refractivity contribution in [2.45, 2.75) is 57.7 Å². The molecule has 0 radical (unpaired) electrons. The van der Waals surface area contributed by atoms with Gasteiger partial charge < -0.3 is 9.80 Å². The fourth-order valence-electron chi connectivity index (χ4n) is 4.57. The van der Waals surface area contributed by atoms with Crippen LogP contribution >= 0.6 is 35.0 Å². The molecular weight excluding hydrogens is 541 g/mol. The van der Waals surface area contributed by atoms with Crippen molar-refractivity contribution in [3.63, 3.8) is 0 Å². The SMILES string of the molecule is CCCC(=O)N1CCN(C(=O)CCCSc2nnc(-c3ccc(C)cc3)n2-c2ccc(Cl)c(Cl)c2)CC1C. The third-order valence-corrected chi connectivity index (χ3v) is 8.39. The molecule has 1 aromatic heterocycles. The van der Waals surface area contributed by atoms with Crippen LogP contribution in [0.1, 0.15) is 45.1 Å². The summed E-state index contributed by atoms with van der Waals surface area (Å²) in [5, 5.41) is 10.6. The van der Waals surface area contributed by atoms with Crippen molar-refractivity contribution in [1.29, 1.82) is 0 Å². The Kier molecular flexibility index (Phi) is 9.74. The van der Waals surface area contributed by atoms with Gasteiger partial charge in [0.25, 0.3) is 0 Å². The highest BCUT2D eigenvalue weighted by atomic mass is 35.5. The molecule has 1 aliphatic heterocycles. The van der Waals surface area contributed by atoms with Crippen molar-refractivity contribution >= 4 is 46.8 Å². The first-order valence-electron chi connectivity index (χ1n) is 13.0. The molecule has 2 heterocycles. The number of amides is 2. The van der Waals surface area contributed by atoms with Gasteiger partial charge in [0.1, 0.15) is 0 Å². The fraction of sp³-hybridized carbons (Fsp3) is 0.429. The largest absolute Gasteiger partial charge is 0.339 e. The zero-order chi connectivity index (χ0) is 27.2. The normalized spacial score (nSPS) is 15.7. The van der Waals surface area contributed by atoms with E-state index in [9.17, 15) is 9.59 Å². The van der Waals surface area contributed by atoms with E-state index in [0.29, 0.717) is 60.5 Å². The molecule has 1 saturated heterocycles. The fourth-order valence-corrected chi connectivity index (χ4v) is 5.75. The smallest absolute Gasteiger partial charge is 0.222 e. The number of aromatic nitrogens is 3. The Morgan fingerprint density at radius 2 is 1.76 bits per heavy atom. The standard InChI is InChI=1S/C28H33Cl2N5O2S/c1-4-6-26(37)34-15-14-33(18-20(34)3)25(36)7-5-16-38-28-32-31-27(21-10-8-19(2)9-11-21)35(28)22-12-13-23(29)24(30)17-22/h8-13,17,20H,4-7,14-16,18H2,1-3H3. The lowest BCUT2D eigenvalue weighted by Gasteiger charge is -2.40. The highest BCUT2D eigenvalue weighted by molar-refractivity contribution is 7.99. The lowest BCUT2D eigenvalue weighted by molar-refractivity contribution is -0.142. The Morgan fingerprint density at radius 3 is 2.45 bits per heavy atom. The third-order valence-electron chi connectivity index (χ3n) is 6.64. The summed E-state index contributed by atoms with van der Waals surface area (Å²) >= 11 is 14.1. The minimum absolute atomic E-state index is 0.0473. The lowest BCUT2D eigenvalue weighted by atomic mass is 10.1. The van der Waals surface area contributed by atoms with Crippen LogP contribution in [0.5, 0.6) is 0 Å². The molecule has 0 bridgehead atoms. The van der Waals surface area contributed by atoms with Gasteiger partial charge in [-0.25, -0.2) is 0 Å². The van der Waals surface area contributed by atoms with E-state index in [1.54, 1.807) is 17.8 Å². The van der Waals surface area contributed by atoms with Crippen molar-refractivity contribution in [2.75, 3.05) is 25.4 Å². The predicted octanol–water partition coefficient (Wildman–Crippen LogP) is 6.28. The number of carbonyl (C=O) groups is 2. The van der Waals surface area contributed by atoms with Crippen LogP contribution in [0, 0.1) is 6.92 Å². The quantitative estimate of drug-likeness (QED) is 0.222. The van der Waals surface area contributed by atoms with E-state index in [0.717, 1.165) is 28.4 Å². The van der Waals surface area contributed by atoms with Crippen molar-refractivity contribution in [1.82, 2.24) is 24.6 Å². The van der Waals surface area contributed by atoms with Crippen LogP contribution < -0.4 is 0 Å². The van der Waals surface area contributed by atoms with Gasteiger partial charge in [0.2, 0.25) is 11.8 Å². The number of aryl methyl sites for hydroxylation is 1. The second-order valence-electron chi connectivity index (χ2n) is 9.58. The highest BCUT2D eigenvalue weighted by Gasteiger charge is 2.29. The predicted molar refractivity (Wildman–Crippen MR) is 154 cm³/mol. The monoisotopic (exact) mass is 573 g/mol. The molecule has 0 N–H and O–H groups in total. The van der Waals surface area contributed by atoms with Crippen LogP contribution in [0.15, 0.2) is 47.6 Å². The summed E-state index contributed by atoms with van der Waals surface area (Å²) in [6, 6.07) is 13.7. The lowest BCUT2D eigenvalue weighted by Crippen LogP contribution is -2.55. The van der Waals surface area contributed by atoms with Crippen molar-refractivity contribution in [3.05, 3.63) is 58.1 Å². The van der Waals surface area contributed by atoms with E-state index in [2.05, 4.69) is 10.2 Å². The zero-order valence-corrected chi connectivity index (χ0v) is 24.3. The summed E-state index contributed by atoms with van der Waals surface area (Å²) in [5.41, 5.74) is 2.93. The number of rotatable bonds is 9. The van der Waals surface area contributed by atoms with E-state index in [4.69, 9.17) is 23.2 Å². The molecule has 1 aliphatic rings. The molecule has 202 valence electrons. The molecule has 2 aromatic carbocycles. The number of nitrogens with zero attached hydrogens (tertiary/aromatic N) is 5. The molecule has 2 amide bonds. The molecule has 0 saturated carbocycles. The average molecular weight is 575 g/mol. The maximum atomic E-state index is 12.9. The molecule has 1 fully saturated rings. The van der Waals surface area contributed by atoms with Crippen molar-refractivity contribution < 1.29 is 9.59 Å². The summed E-state index contributed by atoms with van der Waals surface area (Å²) in [7, 11) is 0. The summed E-state index contributed by atoms with van der Waals surface area (Å²) in [5.74, 6) is 1.74. The van der Waals surface area contributed by atoms with Gasteiger partial charge in [-0.2, -0.15) is 0 Å². The van der Waals surface area contributed by atoms with E-state index in [1.807, 2.05) is 71.5 Å². The molecule has 4 rings (SSSR count). The number of hydrogen-bond donors (Lipinski definition) is 0. The van der Waals surface area contributed by atoms with Crippen molar-refractivity contribution in [2.24, 2.45) is 0 Å². The van der Waals surface area contributed by atoms with Gasteiger partial charge in [-0.05, 0) is 44.9 Å². The van der Waals surface area contributed by atoms with Gasteiger partial charge in [-0.3, -0.25) is 14.2 Å². The molecule has 1 unspecified atom stereocenters. The average Bonchev–Trinajstić information content (AvgIpc) is 3.32. The number of benzene rings is 2. The van der Waals surface area contributed by atoms with Crippen LogP contribution in [-0.2, 0) is 9.59 Å². The number of piperazine rings is 1. The summed E-state index contributed by atoms with van der Waals surface area (Å²) in [6.45, 7) is 7.86. The molecule has 3 aromatic rings. The maximum Gasteiger partial charge on any atom is 0.222 e. The molecule has 1 atom stereocenters. The summed E-state index contributed by atoms with van der Waals surface area (Å²) < 4.78 is 1.98. The van der Waals surface area contributed by atoms with Gasteiger partial charge in [-0.1, -0.05) is 71.7 Å². The number of halogens is 2. The maximum absolute atomic E-state index is 12.9. The zero-order valence-electron chi connectivity index (χ0n) is 22.0. The molecule has 10 heteroatoms. The van der Waals surface area contributed by atoms with Crippen LogP contribution in [0.4, 0.5) is 0 Å². The number of carbonyl (C=O) groups excluding carboxylic acids is 2. The topological polar surface area (TPSA) is 71.3 Å². The van der Waals surface area contributed by atoms with Gasteiger partial charge in [0.15, 0.2) is 11.0 Å². The van der Waals surface area contributed by atoms with Gasteiger partial charge in [0.05, 0.1) is 15.7 Å². The Hall–Kier alpha value is -2.55. The summed E-state index contributed by atoms with van der Waals surface area (Å²) in [4.78, 5) is 29.0. The van der Waals surface area contributed by atoms with E-state index >= 15 is 0 Å². The first kappa shape index (κ1) is 28.5. The molecule has 7 nitrogen and oxygen atoms in total. The summed E-state index contributed by atoms with van der Waals surface area (Å²) in [6.07, 6.45) is 2.57. The Bertz CT molecular complexity index is 1280.